The van der Waals surface area contributed by atoms with Gasteiger partial charge in [-0.05, 0) is 34.3 Å². The molecule has 0 aliphatic carbocycles. The molecule has 0 fully saturated rings. The van der Waals surface area contributed by atoms with Crippen molar-refractivity contribution in [3.8, 4) is 0 Å². The summed E-state index contributed by atoms with van der Waals surface area (Å²) < 4.78 is 106. The molecule has 3 heterocycles. The predicted octanol–water partition coefficient (Wildman–Crippen LogP) is 6.06. The van der Waals surface area contributed by atoms with Crippen molar-refractivity contribution in [2.24, 2.45) is 0 Å². The van der Waals surface area contributed by atoms with Crippen LogP contribution in [-0.4, -0.2) is 70.6 Å². The van der Waals surface area contributed by atoms with Crippen LogP contribution in [0.4, 0.5) is 39.5 Å². The van der Waals surface area contributed by atoms with Gasteiger partial charge in [0.25, 0.3) is 0 Å². The molecule has 3 aromatic heterocycles. The van der Waals surface area contributed by atoms with Gasteiger partial charge in [0.05, 0.1) is 33.9 Å². The Morgan fingerprint density at radius 1 is 0.429 bits per heavy atom. The van der Waals surface area contributed by atoms with Gasteiger partial charge < -0.3 is 0 Å². The Hall–Kier alpha value is -2.92. The van der Waals surface area contributed by atoms with E-state index in [0.717, 1.165) is 34.0 Å². The van der Waals surface area contributed by atoms with E-state index in [1.54, 1.807) is 0 Å². The van der Waals surface area contributed by atoms with E-state index >= 15 is 0 Å². The van der Waals surface area contributed by atoms with E-state index in [4.69, 9.17) is 0 Å². The van der Waals surface area contributed by atoms with E-state index < -0.39 is 89.8 Å². The first-order chi connectivity index (χ1) is 22.0. The molecule has 3 rings (SSSR count). The summed E-state index contributed by atoms with van der Waals surface area (Å²) in [4.78, 5) is 98.2. The summed E-state index contributed by atoms with van der Waals surface area (Å²) in [6.07, 6.45) is -19.5. The molecule has 0 unspecified atom stereocenters. The van der Waals surface area contributed by atoms with Crippen LogP contribution in [0.25, 0.3) is 0 Å². The van der Waals surface area contributed by atoms with E-state index in [1.165, 1.54) is 52.5 Å². The number of carbonyl (C=O) groups is 9. The number of Topliss-reactive ketones (excluding diaryl/α,β-unsaturated/α-hetero) is 9. The maximum absolute atomic E-state index is 11.8. The number of ketones is 9. The molecule has 0 atom stereocenters. The van der Waals surface area contributed by atoms with Crippen molar-refractivity contribution < 1.29 is 132 Å². The second kappa shape index (κ2) is 20.1. The molecule has 0 N–H and O–H groups in total. The summed E-state index contributed by atoms with van der Waals surface area (Å²) in [5.74, 6) is -13.8. The van der Waals surface area contributed by atoms with E-state index in [9.17, 15) is 82.7 Å². The third-order valence-electron chi connectivity index (χ3n) is 4.91. The molecule has 22 heteroatoms. The fraction of sp³-hybridized carbons (Fsp3) is 0.222. The maximum atomic E-state index is 11.8. The summed E-state index contributed by atoms with van der Waals surface area (Å²) in [5, 5.41) is 4.52. The smallest absolute Gasteiger partial charge is 0.290 e. The topological polar surface area (TPSA) is 154 Å². The average Bonchev–Trinajstić information content (AvgIpc) is 3.79. The minimum Gasteiger partial charge on any atom is -0.290 e. The third-order valence-corrected chi connectivity index (χ3v) is 7.51. The first-order valence-corrected chi connectivity index (χ1v) is 14.7. The summed E-state index contributed by atoms with van der Waals surface area (Å²) in [5.41, 5.74) is 0. The van der Waals surface area contributed by atoms with Crippen LogP contribution in [0, 0.1) is 49.4 Å². The van der Waals surface area contributed by atoms with E-state index in [1.807, 2.05) is 0 Å². The molecular weight excluding hydrogens is 887 g/mol. The summed E-state index contributed by atoms with van der Waals surface area (Å²) in [6, 6.07) is 8.37. The molecule has 1 radical (unpaired) electrons. The number of alkyl halides is 9. The molecular formula is C27H15EuF9O9S3. The summed E-state index contributed by atoms with van der Waals surface area (Å²) in [6.45, 7) is 0. The maximum Gasteiger partial charge on any atom is 0.450 e. The van der Waals surface area contributed by atoms with E-state index in [-0.39, 0.29) is 64.0 Å². The van der Waals surface area contributed by atoms with Gasteiger partial charge in [-0.3, -0.25) is 43.2 Å². The molecule has 0 bridgehead atoms. The van der Waals surface area contributed by atoms with Crippen LogP contribution in [0.3, 0.4) is 0 Å². The Balaban J connectivity index is 0.000000698. The zero-order valence-corrected chi connectivity index (χ0v) is 28.4. The van der Waals surface area contributed by atoms with Crippen molar-refractivity contribution in [3.63, 3.8) is 0 Å². The Kier molecular flexibility index (Phi) is 18.9. The minimum absolute atomic E-state index is 0. The van der Waals surface area contributed by atoms with Crippen LogP contribution < -0.4 is 0 Å². The number of hydrogen-bond donors (Lipinski definition) is 0. The average molecular weight is 903 g/mol. The second-order valence-corrected chi connectivity index (χ2v) is 11.3. The fourth-order valence-electron chi connectivity index (χ4n) is 2.61. The number of halogens is 9. The molecule has 0 aliphatic rings. The number of carbonyl (C=O) groups excluding carboxylic acids is 9. The Labute approximate surface area is 320 Å². The fourth-order valence-corrected chi connectivity index (χ4v) is 4.66. The van der Waals surface area contributed by atoms with Gasteiger partial charge in [0.2, 0.25) is 52.0 Å². The van der Waals surface area contributed by atoms with Crippen LogP contribution in [-0.2, 0) is 28.8 Å². The minimum atomic E-state index is -5.08. The van der Waals surface area contributed by atoms with E-state index in [0.29, 0.717) is 0 Å². The van der Waals surface area contributed by atoms with Gasteiger partial charge in [0, 0.05) is 49.4 Å². The van der Waals surface area contributed by atoms with Gasteiger partial charge in [-0.2, -0.15) is 39.5 Å². The summed E-state index contributed by atoms with van der Waals surface area (Å²) >= 11 is 2.79. The molecule has 265 valence electrons. The molecule has 9 nitrogen and oxygen atoms in total. The van der Waals surface area contributed by atoms with Crippen molar-refractivity contribution in [3.05, 3.63) is 67.2 Å². The van der Waals surface area contributed by atoms with Crippen molar-refractivity contribution in [1.82, 2.24) is 0 Å². The Bertz CT molecular complexity index is 1460. The van der Waals surface area contributed by atoms with Crippen LogP contribution in [0.2, 0.25) is 0 Å². The molecule has 0 spiro atoms. The van der Waals surface area contributed by atoms with Gasteiger partial charge in [-0.15, -0.1) is 34.0 Å². The number of hydrogen-bond acceptors (Lipinski definition) is 12. The summed E-state index contributed by atoms with van der Waals surface area (Å²) in [7, 11) is 0. The van der Waals surface area contributed by atoms with Crippen molar-refractivity contribution in [2.75, 3.05) is 0 Å². The molecule has 3 aromatic rings. The Morgan fingerprint density at radius 2 is 0.633 bits per heavy atom. The Morgan fingerprint density at radius 3 is 0.776 bits per heavy atom. The van der Waals surface area contributed by atoms with Gasteiger partial charge in [0.1, 0.15) is 0 Å². The van der Waals surface area contributed by atoms with Crippen LogP contribution in [0.15, 0.2) is 52.5 Å². The first-order valence-electron chi connectivity index (χ1n) is 12.1. The molecule has 0 saturated heterocycles. The quantitative estimate of drug-likeness (QED) is 0.0914. The second-order valence-electron chi connectivity index (χ2n) is 8.48. The van der Waals surface area contributed by atoms with Crippen molar-refractivity contribution in [1.29, 1.82) is 0 Å². The molecule has 0 saturated carbocycles. The van der Waals surface area contributed by atoms with E-state index in [2.05, 4.69) is 0 Å². The molecule has 0 aliphatic heterocycles. The zero-order chi connectivity index (χ0) is 37.0. The molecule has 0 aromatic carbocycles. The van der Waals surface area contributed by atoms with Gasteiger partial charge in [-0.25, -0.2) is 0 Å². The van der Waals surface area contributed by atoms with Crippen molar-refractivity contribution in [2.45, 2.75) is 37.8 Å². The molecule has 49 heavy (non-hydrogen) atoms. The van der Waals surface area contributed by atoms with Crippen molar-refractivity contribution >= 4 is 86.1 Å². The predicted molar refractivity (Wildman–Crippen MR) is 148 cm³/mol. The molecule has 0 amide bonds. The number of rotatable bonds is 12. The standard InChI is InChI=1S/3C9H5F3O3S.Eu/c3*10-9(11,12)7(14)4-5(13)8(15)6-2-1-3-16-6;/h3*1-3H,4H2;. The number of thiophene rings is 3. The largest absolute Gasteiger partial charge is 0.450 e. The van der Waals surface area contributed by atoms with Gasteiger partial charge in [-0.1, -0.05) is 18.2 Å². The van der Waals surface area contributed by atoms with Gasteiger partial charge in [0.15, 0.2) is 0 Å². The van der Waals surface area contributed by atoms with Crippen LogP contribution >= 0.6 is 34.0 Å². The first kappa shape index (κ1) is 46.1. The van der Waals surface area contributed by atoms with Crippen LogP contribution in [0.5, 0.6) is 0 Å². The normalized spacial score (nSPS) is 11.0. The third kappa shape index (κ3) is 16.1. The van der Waals surface area contributed by atoms with Crippen LogP contribution in [0.1, 0.15) is 48.3 Å². The SMILES string of the molecule is O=C(CC(=O)C(F)(F)F)C(=O)c1cccs1.O=C(CC(=O)C(F)(F)F)C(=O)c1cccs1.O=C(CC(=O)C(F)(F)F)C(=O)c1cccs1.[Eu]. The zero-order valence-electron chi connectivity index (χ0n) is 23.5. The van der Waals surface area contributed by atoms with Gasteiger partial charge >= 0.3 is 18.5 Å². The monoisotopic (exact) mass is 903 g/mol.